The first-order chi connectivity index (χ1) is 21.2. The highest BCUT2D eigenvalue weighted by atomic mass is 127. The standard InChI is InChI=1S/C41H67N2.HI/c1-4-5-6-7-8-9-10-11-12-13-14-15-16-17-18-19-20-21-22-23-24-25-26-35-41(42(2)3)43-39-33-29-27-31-37(39)36-38-32-28-30-34-40(38)43;/h27-34,36,41H,4-26,35H2,1-3H3;1H/q+1;/p-1. The molecule has 0 saturated carbocycles. The van der Waals surface area contributed by atoms with Gasteiger partial charge in [-0.15, -0.1) is 0 Å². The minimum Gasteiger partial charge on any atom is -1.00 e. The molecule has 0 fully saturated rings. The topological polar surface area (TPSA) is 7.12 Å². The van der Waals surface area contributed by atoms with Crippen molar-refractivity contribution in [3.05, 3.63) is 54.6 Å². The molecule has 0 saturated heterocycles. The fraction of sp³-hybridized carbons (Fsp3) is 0.683. The zero-order valence-electron chi connectivity index (χ0n) is 29.0. The van der Waals surface area contributed by atoms with Crippen LogP contribution in [0.25, 0.3) is 21.8 Å². The van der Waals surface area contributed by atoms with Crippen molar-refractivity contribution in [3.8, 4) is 0 Å². The number of nitrogens with zero attached hydrogens (tertiary/aromatic N) is 2. The van der Waals surface area contributed by atoms with Crippen LogP contribution in [-0.4, -0.2) is 19.0 Å². The van der Waals surface area contributed by atoms with E-state index in [-0.39, 0.29) is 24.0 Å². The molecule has 3 rings (SSSR count). The van der Waals surface area contributed by atoms with E-state index in [9.17, 15) is 0 Å². The molecule has 1 aromatic heterocycles. The quantitative estimate of drug-likeness (QED) is 0.0348. The van der Waals surface area contributed by atoms with E-state index in [0.717, 1.165) is 0 Å². The van der Waals surface area contributed by atoms with Crippen LogP contribution in [0.3, 0.4) is 0 Å². The molecule has 0 aliphatic heterocycles. The molecule has 2 aromatic carbocycles. The molecule has 44 heavy (non-hydrogen) atoms. The normalized spacial score (nSPS) is 12.3. The monoisotopic (exact) mass is 714 g/mol. The lowest BCUT2D eigenvalue weighted by molar-refractivity contribution is -0.696. The molecule has 0 aliphatic carbocycles. The molecule has 1 heterocycles. The predicted octanol–water partition coefficient (Wildman–Crippen LogP) is 9.73. The Morgan fingerprint density at radius 1 is 0.477 bits per heavy atom. The molecule has 0 aliphatic rings. The molecule has 2 nitrogen and oxygen atoms in total. The maximum absolute atomic E-state index is 2.59. The molecule has 248 valence electrons. The van der Waals surface area contributed by atoms with E-state index in [0.29, 0.717) is 6.17 Å². The van der Waals surface area contributed by atoms with Gasteiger partial charge in [0.2, 0.25) is 17.2 Å². The van der Waals surface area contributed by atoms with E-state index < -0.39 is 0 Å². The van der Waals surface area contributed by atoms with Crippen LogP contribution in [0.1, 0.15) is 167 Å². The summed E-state index contributed by atoms with van der Waals surface area (Å²) in [6, 6.07) is 20.1. The van der Waals surface area contributed by atoms with Gasteiger partial charge in [-0.05, 0) is 38.7 Å². The number of para-hydroxylation sites is 2. The van der Waals surface area contributed by atoms with Crippen molar-refractivity contribution in [2.45, 2.75) is 167 Å². The Bertz CT molecular complexity index is 1060. The highest BCUT2D eigenvalue weighted by Crippen LogP contribution is 2.24. The summed E-state index contributed by atoms with van der Waals surface area (Å²) in [5, 5.41) is 2.66. The highest BCUT2D eigenvalue weighted by molar-refractivity contribution is 5.88. The van der Waals surface area contributed by atoms with E-state index in [1.807, 2.05) is 0 Å². The van der Waals surface area contributed by atoms with E-state index in [1.165, 1.54) is 176 Å². The van der Waals surface area contributed by atoms with Gasteiger partial charge >= 0.3 is 0 Å². The molecule has 0 N–H and O–H groups in total. The van der Waals surface area contributed by atoms with Crippen molar-refractivity contribution in [3.63, 3.8) is 0 Å². The molecule has 0 bridgehead atoms. The Kier molecular flexibility index (Phi) is 22.1. The summed E-state index contributed by atoms with van der Waals surface area (Å²) >= 11 is 0. The Hall–Kier alpha value is -1.20. The molecule has 3 heteroatoms. The lowest BCUT2D eigenvalue weighted by atomic mass is 10.0. The number of aromatic nitrogens is 1. The number of unbranched alkanes of at least 4 members (excludes halogenated alkanes) is 22. The first-order valence-corrected chi connectivity index (χ1v) is 18.7. The number of hydrogen-bond acceptors (Lipinski definition) is 1. The van der Waals surface area contributed by atoms with Crippen molar-refractivity contribution < 1.29 is 28.5 Å². The molecule has 3 aromatic rings. The first-order valence-electron chi connectivity index (χ1n) is 18.7. The molecule has 0 radical (unpaired) electrons. The number of halogens is 1. The van der Waals surface area contributed by atoms with Crippen LogP contribution in [-0.2, 0) is 0 Å². The fourth-order valence-electron chi connectivity index (χ4n) is 7.01. The van der Waals surface area contributed by atoms with Crippen LogP contribution in [0.5, 0.6) is 0 Å². The van der Waals surface area contributed by atoms with Crippen LogP contribution in [0.15, 0.2) is 54.6 Å². The van der Waals surface area contributed by atoms with E-state index in [2.05, 4.69) is 85.1 Å². The van der Waals surface area contributed by atoms with Crippen LogP contribution < -0.4 is 28.5 Å². The minimum atomic E-state index is 0. The minimum absolute atomic E-state index is 0. The van der Waals surface area contributed by atoms with Gasteiger partial charge in [-0.2, -0.15) is 4.57 Å². The summed E-state index contributed by atoms with van der Waals surface area (Å²) < 4.78 is 2.59. The van der Waals surface area contributed by atoms with Gasteiger partial charge in [-0.1, -0.05) is 172 Å². The maximum Gasteiger partial charge on any atom is 0.215 e. The average Bonchev–Trinajstić information content (AvgIpc) is 3.02. The zero-order valence-corrected chi connectivity index (χ0v) is 31.2. The molecular formula is C41H67IN2. The predicted molar refractivity (Wildman–Crippen MR) is 191 cm³/mol. The first kappa shape index (κ1) is 39.0. The van der Waals surface area contributed by atoms with Gasteiger partial charge in [-0.3, -0.25) is 4.90 Å². The third kappa shape index (κ3) is 14.9. The molecule has 0 amide bonds. The van der Waals surface area contributed by atoms with Gasteiger partial charge in [0.25, 0.3) is 0 Å². The van der Waals surface area contributed by atoms with Crippen molar-refractivity contribution in [2.75, 3.05) is 14.1 Å². The number of fused-ring (bicyclic) bond motifs is 2. The second-order valence-corrected chi connectivity index (χ2v) is 13.6. The second kappa shape index (κ2) is 25.0. The molecule has 1 atom stereocenters. The third-order valence-corrected chi connectivity index (χ3v) is 9.66. The Labute approximate surface area is 289 Å². The average molecular weight is 715 g/mol. The van der Waals surface area contributed by atoms with Crippen molar-refractivity contribution >= 4 is 21.8 Å². The van der Waals surface area contributed by atoms with Gasteiger partial charge in [0.05, 0.1) is 0 Å². The van der Waals surface area contributed by atoms with Gasteiger partial charge in [0, 0.05) is 29.3 Å². The van der Waals surface area contributed by atoms with Gasteiger partial charge < -0.3 is 24.0 Å². The van der Waals surface area contributed by atoms with Crippen LogP contribution in [0.4, 0.5) is 0 Å². The Balaban J connectivity index is 0.00000675. The highest BCUT2D eigenvalue weighted by Gasteiger charge is 2.26. The van der Waals surface area contributed by atoms with E-state index >= 15 is 0 Å². The maximum atomic E-state index is 2.59. The largest absolute Gasteiger partial charge is 1.00 e. The summed E-state index contributed by atoms with van der Waals surface area (Å²) in [7, 11) is 4.49. The SMILES string of the molecule is CCCCCCCCCCCCCCCCCCCCCCCCCC(N(C)C)[n+]1c2ccccc2cc2ccccc21.[I-]. The van der Waals surface area contributed by atoms with Crippen molar-refractivity contribution in [1.82, 2.24) is 4.90 Å². The molecule has 0 spiro atoms. The Morgan fingerprint density at radius 2 is 0.795 bits per heavy atom. The smallest absolute Gasteiger partial charge is 0.215 e. The van der Waals surface area contributed by atoms with Crippen molar-refractivity contribution in [2.24, 2.45) is 0 Å². The van der Waals surface area contributed by atoms with Crippen molar-refractivity contribution in [1.29, 1.82) is 0 Å². The van der Waals surface area contributed by atoms with E-state index in [1.54, 1.807) is 0 Å². The van der Waals surface area contributed by atoms with Crippen LogP contribution >= 0.6 is 0 Å². The van der Waals surface area contributed by atoms with Crippen LogP contribution in [0.2, 0.25) is 0 Å². The molecule has 1 unspecified atom stereocenters. The fourth-order valence-corrected chi connectivity index (χ4v) is 7.01. The second-order valence-electron chi connectivity index (χ2n) is 13.6. The summed E-state index contributed by atoms with van der Waals surface area (Å²) in [5.74, 6) is 0. The van der Waals surface area contributed by atoms with Gasteiger partial charge in [0.15, 0.2) is 0 Å². The third-order valence-electron chi connectivity index (χ3n) is 9.66. The summed E-state index contributed by atoms with van der Waals surface area (Å²) in [6.45, 7) is 2.31. The summed E-state index contributed by atoms with van der Waals surface area (Å²) in [4.78, 5) is 2.41. The van der Waals surface area contributed by atoms with Gasteiger partial charge in [-0.25, -0.2) is 0 Å². The van der Waals surface area contributed by atoms with Gasteiger partial charge in [0.1, 0.15) is 0 Å². The molecular weight excluding hydrogens is 647 g/mol. The zero-order chi connectivity index (χ0) is 30.4. The number of rotatable bonds is 26. The number of pyridine rings is 1. The Morgan fingerprint density at radius 3 is 1.14 bits per heavy atom. The van der Waals surface area contributed by atoms with E-state index in [4.69, 9.17) is 0 Å². The summed E-state index contributed by atoms with van der Waals surface area (Å²) in [5.41, 5.74) is 2.68. The lowest BCUT2D eigenvalue weighted by Crippen LogP contribution is -3.00. The van der Waals surface area contributed by atoms with Crippen LogP contribution in [0, 0.1) is 0 Å². The number of hydrogen-bond donors (Lipinski definition) is 0. The number of benzene rings is 2. The summed E-state index contributed by atoms with van der Waals surface area (Å²) in [6.07, 6.45) is 34.8. The lowest BCUT2D eigenvalue weighted by Gasteiger charge is -2.22.